The molecule has 35 heavy (non-hydrogen) atoms. The quantitative estimate of drug-likeness (QED) is 0.471. The van der Waals surface area contributed by atoms with Gasteiger partial charge in [-0.15, -0.1) is 0 Å². The number of carbonyl (C=O) groups is 2. The van der Waals surface area contributed by atoms with Crippen molar-refractivity contribution in [2.45, 2.75) is 57.9 Å². The van der Waals surface area contributed by atoms with E-state index in [-0.39, 0.29) is 11.7 Å². The normalized spacial score (nSPS) is 15.5. The van der Waals surface area contributed by atoms with Gasteiger partial charge in [-0.3, -0.25) is 4.79 Å². The van der Waals surface area contributed by atoms with Gasteiger partial charge in [-0.2, -0.15) is 4.98 Å². The maximum atomic E-state index is 13.3. The number of para-hydroxylation sites is 1. The molecule has 1 saturated carbocycles. The number of hydrogen-bond acceptors (Lipinski definition) is 6. The van der Waals surface area contributed by atoms with Crippen LogP contribution in [0.2, 0.25) is 0 Å². The molecule has 5 rings (SSSR count). The van der Waals surface area contributed by atoms with Crippen LogP contribution in [-0.2, 0) is 11.2 Å². The van der Waals surface area contributed by atoms with Crippen molar-refractivity contribution in [2.24, 2.45) is 0 Å². The minimum absolute atomic E-state index is 0.0491. The van der Waals surface area contributed by atoms with E-state index >= 15 is 0 Å². The van der Waals surface area contributed by atoms with Gasteiger partial charge in [-0.1, -0.05) is 37.1 Å². The fourth-order valence-electron chi connectivity index (χ4n) is 5.07. The molecule has 0 radical (unpaired) electrons. The van der Waals surface area contributed by atoms with Gasteiger partial charge in [0.25, 0.3) is 5.91 Å². The lowest BCUT2D eigenvalue weighted by Crippen LogP contribution is -2.30. The Labute approximate surface area is 206 Å². The van der Waals surface area contributed by atoms with E-state index in [1.54, 1.807) is 25.1 Å². The molecule has 0 bridgehead atoms. The van der Waals surface area contributed by atoms with Crippen LogP contribution in [0.4, 0.5) is 28.8 Å². The van der Waals surface area contributed by atoms with E-state index in [1.807, 2.05) is 36.4 Å². The van der Waals surface area contributed by atoms with E-state index in [1.165, 1.54) is 18.4 Å². The standard InChI is InChI=1S/C28H31N5O2/c1-19(34)8-7-9-20-14-16-21(17-15-20)30-28-29-18-25-26(31-28)33(22-10-3-4-11-22)24-13-6-5-12-23(24)27(35)32(25)2/h5-6,12-18,22H,3-4,7-11H2,1-2H3,(H,29,30,31). The Balaban J connectivity index is 1.46. The van der Waals surface area contributed by atoms with Crippen molar-refractivity contribution in [3.05, 3.63) is 65.9 Å². The van der Waals surface area contributed by atoms with Crippen LogP contribution in [0.25, 0.3) is 0 Å². The number of nitrogens with zero attached hydrogens (tertiary/aromatic N) is 4. The first-order chi connectivity index (χ1) is 17.0. The predicted molar refractivity (Wildman–Crippen MR) is 139 cm³/mol. The SMILES string of the molecule is CC(=O)CCCc1ccc(Nc2ncc3c(n2)N(C2CCCC2)c2ccccc2C(=O)N3C)cc1. The molecule has 180 valence electrons. The van der Waals surface area contributed by atoms with Gasteiger partial charge in [-0.05, 0) is 62.4 Å². The number of aryl methyl sites for hydroxylation is 1. The average Bonchev–Trinajstić information content (AvgIpc) is 3.37. The first-order valence-corrected chi connectivity index (χ1v) is 12.4. The first-order valence-electron chi connectivity index (χ1n) is 12.4. The molecule has 0 atom stereocenters. The molecule has 7 nitrogen and oxygen atoms in total. The summed E-state index contributed by atoms with van der Waals surface area (Å²) in [4.78, 5) is 37.9. The van der Waals surface area contributed by atoms with Crippen molar-refractivity contribution in [3.63, 3.8) is 0 Å². The second-order valence-corrected chi connectivity index (χ2v) is 9.47. The largest absolute Gasteiger partial charge is 0.324 e. The van der Waals surface area contributed by atoms with Crippen LogP contribution in [0.5, 0.6) is 0 Å². The van der Waals surface area contributed by atoms with Crippen LogP contribution in [-0.4, -0.2) is 34.7 Å². The molecule has 1 amide bonds. The average molecular weight is 470 g/mol. The number of rotatable bonds is 7. The van der Waals surface area contributed by atoms with E-state index in [0.29, 0.717) is 29.7 Å². The molecule has 1 aromatic heterocycles. The first kappa shape index (κ1) is 23.0. The van der Waals surface area contributed by atoms with Crippen molar-refractivity contribution in [2.75, 3.05) is 22.2 Å². The number of fused-ring (bicyclic) bond motifs is 2. The maximum absolute atomic E-state index is 13.3. The smallest absolute Gasteiger partial charge is 0.260 e. The summed E-state index contributed by atoms with van der Waals surface area (Å²) in [5, 5.41) is 3.33. The summed E-state index contributed by atoms with van der Waals surface area (Å²) in [5.41, 5.74) is 4.41. The number of hydrogen-bond donors (Lipinski definition) is 1. The molecule has 1 aliphatic carbocycles. The molecular formula is C28H31N5O2. The molecule has 0 unspecified atom stereocenters. The van der Waals surface area contributed by atoms with Crippen LogP contribution >= 0.6 is 0 Å². The third-order valence-electron chi connectivity index (χ3n) is 6.93. The summed E-state index contributed by atoms with van der Waals surface area (Å²) in [7, 11) is 1.79. The zero-order valence-corrected chi connectivity index (χ0v) is 20.3. The van der Waals surface area contributed by atoms with Gasteiger partial charge in [0.15, 0.2) is 5.82 Å². The Hall–Kier alpha value is -3.74. The molecule has 2 aliphatic rings. The number of benzene rings is 2. The highest BCUT2D eigenvalue weighted by Crippen LogP contribution is 2.43. The van der Waals surface area contributed by atoms with Gasteiger partial charge in [0.1, 0.15) is 11.5 Å². The van der Waals surface area contributed by atoms with Gasteiger partial charge in [0.2, 0.25) is 5.95 Å². The number of Topliss-reactive ketones (excluding diaryl/α,β-unsaturated/α-hetero) is 1. The Morgan fingerprint density at radius 1 is 1.06 bits per heavy atom. The summed E-state index contributed by atoms with van der Waals surface area (Å²) >= 11 is 0. The summed E-state index contributed by atoms with van der Waals surface area (Å²) in [6, 6.07) is 16.3. The topological polar surface area (TPSA) is 78.4 Å². The highest BCUT2D eigenvalue weighted by molar-refractivity contribution is 6.13. The number of aromatic nitrogens is 2. The third kappa shape index (κ3) is 4.76. The van der Waals surface area contributed by atoms with Crippen LogP contribution in [0.3, 0.4) is 0 Å². The Kier molecular flexibility index (Phi) is 6.49. The van der Waals surface area contributed by atoms with E-state index in [2.05, 4.69) is 27.3 Å². The maximum Gasteiger partial charge on any atom is 0.260 e. The summed E-state index contributed by atoms with van der Waals surface area (Å²) in [5.74, 6) is 1.43. The van der Waals surface area contributed by atoms with Crippen LogP contribution in [0.1, 0.15) is 61.4 Å². The van der Waals surface area contributed by atoms with Gasteiger partial charge < -0.3 is 19.9 Å². The molecule has 0 saturated heterocycles. The molecular weight excluding hydrogens is 438 g/mol. The van der Waals surface area contributed by atoms with Crippen molar-refractivity contribution >= 4 is 40.5 Å². The number of amides is 1. The predicted octanol–water partition coefficient (Wildman–Crippen LogP) is 5.80. The second kappa shape index (κ2) is 9.86. The number of anilines is 5. The van der Waals surface area contributed by atoms with Crippen LogP contribution < -0.4 is 15.1 Å². The Bertz CT molecular complexity index is 1230. The lowest BCUT2D eigenvalue weighted by Gasteiger charge is -2.31. The number of carbonyl (C=O) groups excluding carboxylic acids is 2. The van der Waals surface area contributed by atoms with E-state index in [4.69, 9.17) is 4.98 Å². The monoisotopic (exact) mass is 469 g/mol. The van der Waals surface area contributed by atoms with E-state index in [9.17, 15) is 9.59 Å². The minimum atomic E-state index is -0.0491. The fraction of sp³-hybridized carbons (Fsp3) is 0.357. The molecule has 1 aliphatic heterocycles. The lowest BCUT2D eigenvalue weighted by molar-refractivity contribution is -0.117. The molecule has 0 spiro atoms. The Morgan fingerprint density at radius 3 is 2.54 bits per heavy atom. The fourth-order valence-corrected chi connectivity index (χ4v) is 5.07. The summed E-state index contributed by atoms with van der Waals surface area (Å²) in [6.07, 6.45) is 8.60. The lowest BCUT2D eigenvalue weighted by atomic mass is 10.1. The highest BCUT2D eigenvalue weighted by Gasteiger charge is 2.35. The molecule has 1 fully saturated rings. The van der Waals surface area contributed by atoms with Crippen LogP contribution in [0, 0.1) is 0 Å². The second-order valence-electron chi connectivity index (χ2n) is 9.47. The molecule has 1 N–H and O–H groups in total. The van der Waals surface area contributed by atoms with E-state index in [0.717, 1.165) is 42.9 Å². The summed E-state index contributed by atoms with van der Waals surface area (Å²) in [6.45, 7) is 1.63. The van der Waals surface area contributed by atoms with E-state index < -0.39 is 0 Å². The van der Waals surface area contributed by atoms with Crippen LogP contribution in [0.15, 0.2) is 54.7 Å². The van der Waals surface area contributed by atoms with Crippen molar-refractivity contribution in [1.82, 2.24) is 9.97 Å². The van der Waals surface area contributed by atoms with Crippen molar-refractivity contribution in [1.29, 1.82) is 0 Å². The molecule has 3 aromatic rings. The van der Waals surface area contributed by atoms with Crippen molar-refractivity contribution < 1.29 is 9.59 Å². The zero-order chi connectivity index (χ0) is 24.4. The molecule has 2 aromatic carbocycles. The number of nitrogens with one attached hydrogen (secondary N) is 1. The van der Waals surface area contributed by atoms with Gasteiger partial charge >= 0.3 is 0 Å². The summed E-state index contributed by atoms with van der Waals surface area (Å²) < 4.78 is 0. The highest BCUT2D eigenvalue weighted by atomic mass is 16.2. The number of ketones is 1. The van der Waals surface area contributed by atoms with Crippen molar-refractivity contribution in [3.8, 4) is 0 Å². The van der Waals surface area contributed by atoms with Gasteiger partial charge in [-0.25, -0.2) is 4.98 Å². The minimum Gasteiger partial charge on any atom is -0.324 e. The van der Waals surface area contributed by atoms with Gasteiger partial charge in [0, 0.05) is 25.2 Å². The Morgan fingerprint density at radius 2 is 1.80 bits per heavy atom. The molecule has 2 heterocycles. The zero-order valence-electron chi connectivity index (χ0n) is 20.3. The third-order valence-corrected chi connectivity index (χ3v) is 6.93. The molecule has 7 heteroatoms. The van der Waals surface area contributed by atoms with Gasteiger partial charge in [0.05, 0.1) is 17.4 Å².